The van der Waals surface area contributed by atoms with E-state index >= 15 is 0 Å². The molecule has 4 nitrogen and oxygen atoms in total. The van der Waals surface area contributed by atoms with Gasteiger partial charge in [0, 0.05) is 17.7 Å². The van der Waals surface area contributed by atoms with E-state index in [2.05, 4.69) is 18.3 Å². The van der Waals surface area contributed by atoms with Crippen LogP contribution < -0.4 is 14.8 Å². The molecule has 0 saturated heterocycles. The van der Waals surface area contributed by atoms with Gasteiger partial charge >= 0.3 is 0 Å². The molecular formula is C26H28FNO3. The molecule has 0 aromatic heterocycles. The van der Waals surface area contributed by atoms with E-state index in [1.807, 2.05) is 26.8 Å². The summed E-state index contributed by atoms with van der Waals surface area (Å²) in [6.07, 6.45) is 0. The summed E-state index contributed by atoms with van der Waals surface area (Å²) >= 11 is 0. The van der Waals surface area contributed by atoms with Crippen LogP contribution in [-0.4, -0.2) is 12.5 Å². The maximum atomic E-state index is 13.0. The lowest BCUT2D eigenvalue weighted by Crippen LogP contribution is -2.23. The van der Waals surface area contributed by atoms with Gasteiger partial charge in [-0.15, -0.1) is 0 Å². The van der Waals surface area contributed by atoms with E-state index in [1.54, 1.807) is 30.3 Å². The Labute approximate surface area is 183 Å². The van der Waals surface area contributed by atoms with E-state index in [0.29, 0.717) is 24.5 Å². The standard InChI is InChI=1S/C26H28FNO3/c1-5-30-24-11-8-21(26(29)28-15-20-6-9-23(27)10-7-20)14-22(24)16-31-25-13-17(2)12-18(3)19(25)4/h6-14H,5,15-16H2,1-4H3,(H,28,29). The molecule has 0 aliphatic rings. The van der Waals surface area contributed by atoms with Gasteiger partial charge in [-0.2, -0.15) is 0 Å². The molecule has 3 aromatic rings. The minimum atomic E-state index is -0.301. The first-order valence-electron chi connectivity index (χ1n) is 10.4. The summed E-state index contributed by atoms with van der Waals surface area (Å²) in [5.41, 5.74) is 5.55. The molecular weight excluding hydrogens is 393 g/mol. The van der Waals surface area contributed by atoms with Crippen molar-refractivity contribution in [2.45, 2.75) is 40.8 Å². The van der Waals surface area contributed by atoms with E-state index in [0.717, 1.165) is 28.0 Å². The fraction of sp³-hybridized carbons (Fsp3) is 0.269. The van der Waals surface area contributed by atoms with E-state index in [1.165, 1.54) is 17.7 Å². The first-order chi connectivity index (χ1) is 14.9. The molecule has 5 heteroatoms. The summed E-state index contributed by atoms with van der Waals surface area (Å²) in [7, 11) is 0. The lowest BCUT2D eigenvalue weighted by Gasteiger charge is -2.16. The van der Waals surface area contributed by atoms with Crippen LogP contribution in [0.5, 0.6) is 11.5 Å². The van der Waals surface area contributed by atoms with Crippen LogP contribution in [0, 0.1) is 26.6 Å². The van der Waals surface area contributed by atoms with Gasteiger partial charge in [-0.25, -0.2) is 4.39 Å². The first kappa shape index (κ1) is 22.3. The summed E-state index contributed by atoms with van der Waals surface area (Å²) in [5, 5.41) is 2.87. The maximum Gasteiger partial charge on any atom is 0.251 e. The summed E-state index contributed by atoms with van der Waals surface area (Å²) in [5.74, 6) is 1.01. The molecule has 0 bridgehead atoms. The molecule has 0 saturated carbocycles. The largest absolute Gasteiger partial charge is 0.493 e. The van der Waals surface area contributed by atoms with Crippen LogP contribution in [-0.2, 0) is 13.2 Å². The fourth-order valence-electron chi connectivity index (χ4n) is 3.32. The minimum Gasteiger partial charge on any atom is -0.493 e. The lowest BCUT2D eigenvalue weighted by atomic mass is 10.1. The van der Waals surface area contributed by atoms with Crippen molar-refractivity contribution in [3.63, 3.8) is 0 Å². The second-order valence-corrected chi connectivity index (χ2v) is 7.56. The topological polar surface area (TPSA) is 47.6 Å². The summed E-state index contributed by atoms with van der Waals surface area (Å²) < 4.78 is 24.9. The Morgan fingerprint density at radius 2 is 1.68 bits per heavy atom. The Hall–Kier alpha value is -3.34. The quantitative estimate of drug-likeness (QED) is 0.511. The molecule has 0 radical (unpaired) electrons. The first-order valence-corrected chi connectivity index (χ1v) is 10.4. The number of halogens is 1. The molecule has 0 aliphatic heterocycles. The van der Waals surface area contributed by atoms with Crippen molar-refractivity contribution in [3.05, 3.63) is 93.8 Å². The molecule has 1 N–H and O–H groups in total. The third-order valence-corrected chi connectivity index (χ3v) is 5.14. The zero-order valence-corrected chi connectivity index (χ0v) is 18.4. The average molecular weight is 422 g/mol. The third-order valence-electron chi connectivity index (χ3n) is 5.14. The second kappa shape index (κ2) is 10.1. The molecule has 3 rings (SSSR count). The molecule has 0 aliphatic carbocycles. The smallest absolute Gasteiger partial charge is 0.251 e. The van der Waals surface area contributed by atoms with Crippen molar-refractivity contribution < 1.29 is 18.7 Å². The number of carbonyl (C=O) groups is 1. The van der Waals surface area contributed by atoms with Crippen molar-refractivity contribution in [2.75, 3.05) is 6.61 Å². The van der Waals surface area contributed by atoms with Crippen LogP contribution >= 0.6 is 0 Å². The molecule has 0 heterocycles. The SMILES string of the molecule is CCOc1ccc(C(=O)NCc2ccc(F)cc2)cc1COc1cc(C)cc(C)c1C. The zero-order valence-electron chi connectivity index (χ0n) is 18.4. The van der Waals surface area contributed by atoms with Crippen LogP contribution in [0.2, 0.25) is 0 Å². The van der Waals surface area contributed by atoms with Crippen molar-refractivity contribution in [2.24, 2.45) is 0 Å². The van der Waals surface area contributed by atoms with Gasteiger partial charge < -0.3 is 14.8 Å². The van der Waals surface area contributed by atoms with Crippen molar-refractivity contribution in [1.29, 1.82) is 0 Å². The number of aryl methyl sites for hydroxylation is 2. The highest BCUT2D eigenvalue weighted by Crippen LogP contribution is 2.27. The van der Waals surface area contributed by atoms with Gasteiger partial charge in [0.1, 0.15) is 23.9 Å². The summed E-state index contributed by atoms with van der Waals surface area (Å²) in [6, 6.07) is 15.5. The Morgan fingerprint density at radius 1 is 0.935 bits per heavy atom. The van der Waals surface area contributed by atoms with Crippen LogP contribution in [0.15, 0.2) is 54.6 Å². The number of rotatable bonds is 8. The van der Waals surface area contributed by atoms with Crippen LogP contribution in [0.4, 0.5) is 4.39 Å². The fourth-order valence-corrected chi connectivity index (χ4v) is 3.32. The Bertz CT molecular complexity index is 1060. The minimum absolute atomic E-state index is 0.212. The highest BCUT2D eigenvalue weighted by molar-refractivity contribution is 5.94. The summed E-state index contributed by atoms with van der Waals surface area (Å²) in [4.78, 5) is 12.7. The predicted octanol–water partition coefficient (Wildman–Crippen LogP) is 5.66. The maximum absolute atomic E-state index is 13.0. The summed E-state index contributed by atoms with van der Waals surface area (Å²) in [6.45, 7) is 9.18. The van der Waals surface area contributed by atoms with Gasteiger partial charge in [0.2, 0.25) is 0 Å². The molecule has 0 unspecified atom stereocenters. The van der Waals surface area contributed by atoms with Gasteiger partial charge in [0.25, 0.3) is 5.91 Å². The van der Waals surface area contributed by atoms with E-state index < -0.39 is 0 Å². The van der Waals surface area contributed by atoms with Crippen molar-refractivity contribution >= 4 is 5.91 Å². The monoisotopic (exact) mass is 421 g/mol. The number of hydrogen-bond donors (Lipinski definition) is 1. The zero-order chi connectivity index (χ0) is 22.4. The normalized spacial score (nSPS) is 10.6. The highest BCUT2D eigenvalue weighted by Gasteiger charge is 2.13. The highest BCUT2D eigenvalue weighted by atomic mass is 19.1. The van der Waals surface area contributed by atoms with Gasteiger partial charge in [-0.3, -0.25) is 4.79 Å². The van der Waals surface area contributed by atoms with Gasteiger partial charge in [-0.05, 0) is 86.3 Å². The number of hydrogen-bond acceptors (Lipinski definition) is 3. The number of ether oxygens (including phenoxy) is 2. The van der Waals surface area contributed by atoms with Crippen LogP contribution in [0.25, 0.3) is 0 Å². The van der Waals surface area contributed by atoms with Crippen LogP contribution in [0.3, 0.4) is 0 Å². The van der Waals surface area contributed by atoms with Crippen molar-refractivity contribution in [3.8, 4) is 11.5 Å². The Morgan fingerprint density at radius 3 is 2.39 bits per heavy atom. The molecule has 0 atom stereocenters. The van der Waals surface area contributed by atoms with Crippen LogP contribution in [0.1, 0.15) is 45.1 Å². The van der Waals surface area contributed by atoms with Gasteiger partial charge in [0.05, 0.1) is 6.61 Å². The Kier molecular flexibility index (Phi) is 7.29. The lowest BCUT2D eigenvalue weighted by molar-refractivity contribution is 0.0950. The molecule has 0 spiro atoms. The molecule has 1 amide bonds. The number of amides is 1. The predicted molar refractivity (Wildman–Crippen MR) is 120 cm³/mol. The third kappa shape index (κ3) is 5.85. The molecule has 31 heavy (non-hydrogen) atoms. The van der Waals surface area contributed by atoms with E-state index in [4.69, 9.17) is 9.47 Å². The average Bonchev–Trinajstić information content (AvgIpc) is 2.75. The number of benzene rings is 3. The number of carbonyl (C=O) groups excluding carboxylic acids is 1. The van der Waals surface area contributed by atoms with E-state index in [9.17, 15) is 9.18 Å². The molecule has 0 fully saturated rings. The van der Waals surface area contributed by atoms with E-state index in [-0.39, 0.29) is 18.3 Å². The second-order valence-electron chi connectivity index (χ2n) is 7.56. The number of nitrogens with one attached hydrogen (secondary N) is 1. The molecule has 3 aromatic carbocycles. The van der Waals surface area contributed by atoms with Gasteiger partial charge in [-0.1, -0.05) is 18.2 Å². The van der Waals surface area contributed by atoms with Crippen molar-refractivity contribution in [1.82, 2.24) is 5.32 Å². The molecule has 162 valence electrons. The Balaban J connectivity index is 1.75. The van der Waals surface area contributed by atoms with Gasteiger partial charge in [0.15, 0.2) is 0 Å².